The predicted octanol–water partition coefficient (Wildman–Crippen LogP) is 2.05. The number of carbonyl (C=O) groups is 1. The van der Waals surface area contributed by atoms with Crippen molar-refractivity contribution in [1.82, 2.24) is 9.80 Å². The number of nitrogens with zero attached hydrogens (tertiary/aromatic N) is 2. The summed E-state index contributed by atoms with van der Waals surface area (Å²) in [7, 11) is 3.13. The van der Waals surface area contributed by atoms with Crippen LogP contribution in [0.4, 0.5) is 4.39 Å². The Morgan fingerprint density at radius 3 is 2.67 bits per heavy atom. The number of halogens is 1. The Balaban J connectivity index is 1.73. The second-order valence-corrected chi connectivity index (χ2v) is 6.54. The maximum atomic E-state index is 13.9. The monoisotopic (exact) mass is 336 g/mol. The lowest BCUT2D eigenvalue weighted by atomic mass is 10.1. The second-order valence-electron chi connectivity index (χ2n) is 6.54. The van der Waals surface area contributed by atoms with Crippen LogP contribution in [0.25, 0.3) is 0 Å². The summed E-state index contributed by atoms with van der Waals surface area (Å²) >= 11 is 0. The summed E-state index contributed by atoms with van der Waals surface area (Å²) in [6.07, 6.45) is 2.90. The topological polar surface area (TPSA) is 42.0 Å². The van der Waals surface area contributed by atoms with Crippen molar-refractivity contribution in [1.29, 1.82) is 0 Å². The molecule has 2 fully saturated rings. The molecule has 2 aliphatic heterocycles. The average molecular weight is 336 g/mol. The number of benzene rings is 1. The molecular weight excluding hydrogens is 311 g/mol. The van der Waals surface area contributed by atoms with Crippen molar-refractivity contribution in [2.75, 3.05) is 33.9 Å². The van der Waals surface area contributed by atoms with Crippen molar-refractivity contribution in [3.63, 3.8) is 0 Å². The van der Waals surface area contributed by atoms with Crippen molar-refractivity contribution in [2.45, 2.75) is 38.0 Å². The van der Waals surface area contributed by atoms with E-state index in [1.165, 1.54) is 13.2 Å². The summed E-state index contributed by atoms with van der Waals surface area (Å²) in [4.78, 5) is 16.9. The van der Waals surface area contributed by atoms with Gasteiger partial charge >= 0.3 is 0 Å². The lowest BCUT2D eigenvalue weighted by Gasteiger charge is -2.27. The van der Waals surface area contributed by atoms with E-state index >= 15 is 0 Å². The Labute approximate surface area is 142 Å². The molecular formula is C18H25FN2O3. The third-order valence-electron chi connectivity index (χ3n) is 5.00. The molecule has 2 heterocycles. The molecule has 0 unspecified atom stereocenters. The first-order chi connectivity index (χ1) is 11.6. The van der Waals surface area contributed by atoms with E-state index in [4.69, 9.17) is 9.47 Å². The number of carbonyl (C=O) groups excluding carboxylic acids is 1. The molecule has 0 saturated carbocycles. The summed E-state index contributed by atoms with van der Waals surface area (Å²) in [6, 6.07) is 4.78. The van der Waals surface area contributed by atoms with E-state index in [1.807, 2.05) is 11.0 Å². The molecule has 1 aromatic rings. The highest BCUT2D eigenvalue weighted by Crippen LogP contribution is 2.26. The molecule has 6 heteroatoms. The van der Waals surface area contributed by atoms with Gasteiger partial charge in [-0.2, -0.15) is 0 Å². The van der Waals surface area contributed by atoms with E-state index in [2.05, 4.69) is 4.90 Å². The zero-order valence-electron chi connectivity index (χ0n) is 14.3. The number of ether oxygens (including phenoxy) is 2. The zero-order valence-corrected chi connectivity index (χ0v) is 14.3. The van der Waals surface area contributed by atoms with E-state index in [0.29, 0.717) is 19.5 Å². The smallest absolute Gasteiger partial charge is 0.240 e. The molecule has 0 aliphatic carbocycles. The van der Waals surface area contributed by atoms with E-state index in [9.17, 15) is 9.18 Å². The molecule has 1 amide bonds. The van der Waals surface area contributed by atoms with Crippen molar-refractivity contribution in [3.8, 4) is 5.75 Å². The lowest BCUT2D eigenvalue weighted by molar-refractivity contribution is -0.135. The minimum atomic E-state index is -0.375. The van der Waals surface area contributed by atoms with Crippen molar-refractivity contribution < 1.29 is 18.7 Å². The maximum Gasteiger partial charge on any atom is 0.240 e. The fraction of sp³-hybridized carbons (Fsp3) is 0.611. The number of hydrogen-bond donors (Lipinski definition) is 0. The van der Waals surface area contributed by atoms with Crippen LogP contribution < -0.4 is 4.74 Å². The Morgan fingerprint density at radius 1 is 1.29 bits per heavy atom. The first-order valence-corrected chi connectivity index (χ1v) is 8.50. The Hall–Kier alpha value is -1.66. The van der Waals surface area contributed by atoms with Crippen LogP contribution in [0.1, 0.15) is 24.8 Å². The Bertz CT molecular complexity index is 590. The van der Waals surface area contributed by atoms with Crippen LogP contribution in [0.5, 0.6) is 5.75 Å². The number of rotatable bonds is 5. The van der Waals surface area contributed by atoms with Crippen LogP contribution in [-0.2, 0) is 16.1 Å². The SMILES string of the molecule is COc1ccc(CN2C[C@@H](OC)C[C@H]2C(=O)N2CCCC2)cc1F. The quantitative estimate of drug-likeness (QED) is 0.825. The highest BCUT2D eigenvalue weighted by atomic mass is 19.1. The number of methoxy groups -OCH3 is 2. The van der Waals surface area contributed by atoms with Gasteiger partial charge in [0.1, 0.15) is 0 Å². The molecule has 24 heavy (non-hydrogen) atoms. The van der Waals surface area contributed by atoms with Gasteiger partial charge in [0, 0.05) is 33.3 Å². The van der Waals surface area contributed by atoms with Gasteiger partial charge in [-0.15, -0.1) is 0 Å². The Kier molecular flexibility index (Phi) is 5.36. The van der Waals surface area contributed by atoms with E-state index in [-0.39, 0.29) is 29.6 Å². The van der Waals surface area contributed by atoms with Crippen molar-refractivity contribution in [2.24, 2.45) is 0 Å². The molecule has 3 rings (SSSR count). The fourth-order valence-electron chi connectivity index (χ4n) is 3.65. The van der Waals surface area contributed by atoms with Gasteiger partial charge in [0.2, 0.25) is 5.91 Å². The van der Waals surface area contributed by atoms with Crippen LogP contribution in [0.3, 0.4) is 0 Å². The van der Waals surface area contributed by atoms with E-state index in [0.717, 1.165) is 31.5 Å². The number of amides is 1. The molecule has 0 aromatic heterocycles. The normalized spacial score (nSPS) is 24.5. The standard InChI is InChI=1S/C18H25FN2O3/c1-23-14-10-16(18(22)20-7-3-4-8-20)21(12-14)11-13-5-6-17(24-2)15(19)9-13/h5-6,9,14,16H,3-4,7-8,10-12H2,1-2H3/t14-,16-/m0/s1. The van der Waals surface area contributed by atoms with Gasteiger partial charge in [-0.1, -0.05) is 6.07 Å². The molecule has 132 valence electrons. The zero-order chi connectivity index (χ0) is 17.1. The molecule has 1 aromatic carbocycles. The van der Waals surface area contributed by atoms with Gasteiger partial charge in [0.15, 0.2) is 11.6 Å². The molecule has 5 nitrogen and oxygen atoms in total. The largest absolute Gasteiger partial charge is 0.494 e. The third-order valence-corrected chi connectivity index (χ3v) is 5.00. The predicted molar refractivity (Wildman–Crippen MR) is 88.4 cm³/mol. The summed E-state index contributed by atoms with van der Waals surface area (Å²) in [5, 5.41) is 0. The highest BCUT2D eigenvalue weighted by Gasteiger charge is 2.39. The molecule has 2 saturated heterocycles. The second kappa shape index (κ2) is 7.49. The number of likely N-dealkylation sites (tertiary alicyclic amines) is 2. The first kappa shape index (κ1) is 17.2. The molecule has 0 N–H and O–H groups in total. The average Bonchev–Trinajstić information content (AvgIpc) is 3.24. The van der Waals surface area contributed by atoms with Gasteiger partial charge in [0.05, 0.1) is 19.3 Å². The molecule has 2 aliphatic rings. The van der Waals surface area contributed by atoms with Gasteiger partial charge in [-0.3, -0.25) is 9.69 Å². The molecule has 0 spiro atoms. The van der Waals surface area contributed by atoms with E-state index < -0.39 is 0 Å². The van der Waals surface area contributed by atoms with Crippen LogP contribution in [-0.4, -0.2) is 61.7 Å². The minimum Gasteiger partial charge on any atom is -0.494 e. The van der Waals surface area contributed by atoms with Crippen LogP contribution in [0.15, 0.2) is 18.2 Å². The van der Waals surface area contributed by atoms with Crippen molar-refractivity contribution in [3.05, 3.63) is 29.6 Å². The first-order valence-electron chi connectivity index (χ1n) is 8.50. The van der Waals surface area contributed by atoms with Gasteiger partial charge in [-0.25, -0.2) is 4.39 Å². The van der Waals surface area contributed by atoms with Gasteiger partial charge in [0.25, 0.3) is 0 Å². The summed E-state index contributed by atoms with van der Waals surface area (Å²) in [6.45, 7) is 2.91. The summed E-state index contributed by atoms with van der Waals surface area (Å²) in [5.74, 6) is 0.0422. The molecule has 2 atom stereocenters. The van der Waals surface area contributed by atoms with Crippen molar-refractivity contribution >= 4 is 5.91 Å². The Morgan fingerprint density at radius 2 is 2.04 bits per heavy atom. The molecule has 0 bridgehead atoms. The lowest BCUT2D eigenvalue weighted by Crippen LogP contribution is -2.44. The fourth-order valence-corrected chi connectivity index (χ4v) is 3.65. The molecule has 0 radical (unpaired) electrons. The van der Waals surface area contributed by atoms with Gasteiger partial charge in [-0.05, 0) is 37.0 Å². The van der Waals surface area contributed by atoms with Crippen LogP contribution >= 0.6 is 0 Å². The van der Waals surface area contributed by atoms with E-state index in [1.54, 1.807) is 13.2 Å². The summed E-state index contributed by atoms with van der Waals surface area (Å²) < 4.78 is 24.4. The summed E-state index contributed by atoms with van der Waals surface area (Å²) in [5.41, 5.74) is 0.837. The van der Waals surface area contributed by atoms with Crippen LogP contribution in [0.2, 0.25) is 0 Å². The van der Waals surface area contributed by atoms with Crippen LogP contribution in [0, 0.1) is 5.82 Å². The maximum absolute atomic E-state index is 13.9. The van der Waals surface area contributed by atoms with Gasteiger partial charge < -0.3 is 14.4 Å². The number of hydrogen-bond acceptors (Lipinski definition) is 4. The third kappa shape index (κ3) is 3.54. The minimum absolute atomic E-state index is 0.0460. The highest BCUT2D eigenvalue weighted by molar-refractivity contribution is 5.82.